The van der Waals surface area contributed by atoms with Crippen molar-refractivity contribution in [2.24, 2.45) is 39.9 Å². The first-order valence-electron chi connectivity index (χ1n) is 10.2. The van der Waals surface area contributed by atoms with Crippen molar-refractivity contribution in [2.45, 2.75) is 91.0 Å². The average molecular weight is 337 g/mol. The normalized spacial score (nSPS) is 59.4. The zero-order chi connectivity index (χ0) is 17.5. The molecule has 3 nitrogen and oxygen atoms in total. The van der Waals surface area contributed by atoms with Gasteiger partial charge in [-0.25, -0.2) is 0 Å². The number of rotatable bonds is 0. The summed E-state index contributed by atoms with van der Waals surface area (Å²) in [5.74, 6) is 1.93. The molecule has 0 aromatic rings. The number of fused-ring (bicyclic) bond motifs is 5. The van der Waals surface area contributed by atoms with E-state index in [0.29, 0.717) is 17.8 Å². The van der Waals surface area contributed by atoms with Crippen LogP contribution in [0.3, 0.4) is 0 Å². The van der Waals surface area contributed by atoms with Crippen molar-refractivity contribution in [3.63, 3.8) is 0 Å². The minimum absolute atomic E-state index is 0.0633. The van der Waals surface area contributed by atoms with Crippen molar-refractivity contribution in [3.8, 4) is 0 Å². The first kappa shape index (κ1) is 17.3. The fourth-order valence-corrected chi connectivity index (χ4v) is 8.21. The Bertz CT molecular complexity index is 517. The predicted octanol–water partition coefficient (Wildman–Crippen LogP) is 3.36. The lowest BCUT2D eigenvalue weighted by Crippen LogP contribution is -2.63. The zero-order valence-corrected chi connectivity index (χ0v) is 15.8. The maximum atomic E-state index is 11.2. The third-order valence-electron chi connectivity index (χ3n) is 9.46. The summed E-state index contributed by atoms with van der Waals surface area (Å²) in [5.41, 5.74) is -0.0267. The summed E-state index contributed by atoms with van der Waals surface area (Å²) >= 11 is 0. The van der Waals surface area contributed by atoms with Gasteiger partial charge in [0.1, 0.15) is 0 Å². The third kappa shape index (κ3) is 2.01. The molecule has 138 valence electrons. The molecule has 24 heavy (non-hydrogen) atoms. The van der Waals surface area contributed by atoms with E-state index < -0.39 is 0 Å². The number of hydrogen-bond acceptors (Lipinski definition) is 3. The average Bonchev–Trinajstić information content (AvgIpc) is 2.79. The first-order valence-corrected chi connectivity index (χ1v) is 10.2. The monoisotopic (exact) mass is 336 g/mol. The summed E-state index contributed by atoms with van der Waals surface area (Å²) in [6, 6.07) is 0. The van der Waals surface area contributed by atoms with Gasteiger partial charge in [0.25, 0.3) is 0 Å². The summed E-state index contributed by atoms with van der Waals surface area (Å²) < 4.78 is 0. The Morgan fingerprint density at radius 3 is 2.04 bits per heavy atom. The van der Waals surface area contributed by atoms with Gasteiger partial charge in [0, 0.05) is 0 Å². The van der Waals surface area contributed by atoms with Crippen LogP contribution in [0.2, 0.25) is 0 Å². The molecule has 3 heteroatoms. The second-order valence-corrected chi connectivity index (χ2v) is 10.7. The minimum atomic E-state index is -0.318. The van der Waals surface area contributed by atoms with Crippen molar-refractivity contribution >= 4 is 0 Å². The molecule has 0 saturated heterocycles. The standard InChI is InChI=1S/C21H36O3/c1-19(2)16(23)8-10-21(4)14-7-9-20(3)13(5-6-17(20)24)12(14)11-15(22)18(19)21/h12-18,22-24H,5-11H2,1-4H3/t12-,13-,14+,15?,16?,17?,18?,20-,21+/m0/s1. The van der Waals surface area contributed by atoms with Crippen molar-refractivity contribution in [1.82, 2.24) is 0 Å². The van der Waals surface area contributed by atoms with E-state index in [0.717, 1.165) is 38.5 Å². The largest absolute Gasteiger partial charge is 0.393 e. The predicted molar refractivity (Wildman–Crippen MR) is 94.3 cm³/mol. The SMILES string of the molecule is CC1(C)C(O)CC[C@@]2(C)C1C(O)C[C@@H]1[C@H]2CC[C@]2(C)C(O)CC[C@@H]12. The van der Waals surface area contributed by atoms with Gasteiger partial charge in [-0.3, -0.25) is 0 Å². The van der Waals surface area contributed by atoms with E-state index in [1.54, 1.807) is 0 Å². The minimum Gasteiger partial charge on any atom is -0.393 e. The summed E-state index contributed by atoms with van der Waals surface area (Å²) in [4.78, 5) is 0. The highest BCUT2D eigenvalue weighted by Gasteiger charge is 2.65. The number of aliphatic hydroxyl groups excluding tert-OH is 3. The topological polar surface area (TPSA) is 60.7 Å². The Morgan fingerprint density at radius 1 is 0.708 bits per heavy atom. The number of hydrogen-bond donors (Lipinski definition) is 3. The quantitative estimate of drug-likeness (QED) is 0.636. The van der Waals surface area contributed by atoms with Crippen LogP contribution in [0.25, 0.3) is 0 Å². The molecule has 0 radical (unpaired) electrons. The van der Waals surface area contributed by atoms with E-state index >= 15 is 0 Å². The molecule has 4 rings (SSSR count). The fraction of sp³-hybridized carbons (Fsp3) is 1.00. The molecule has 4 fully saturated rings. The molecule has 4 unspecified atom stereocenters. The molecule has 0 amide bonds. The highest BCUT2D eigenvalue weighted by molar-refractivity contribution is 5.14. The van der Waals surface area contributed by atoms with Crippen LogP contribution in [0.4, 0.5) is 0 Å². The maximum Gasteiger partial charge on any atom is 0.0596 e. The Labute approximate surface area is 146 Å². The summed E-state index contributed by atoms with van der Waals surface area (Å²) in [6.07, 6.45) is 6.35. The molecular formula is C21H36O3. The Hall–Kier alpha value is -0.120. The van der Waals surface area contributed by atoms with Gasteiger partial charge in [-0.2, -0.15) is 0 Å². The molecule has 0 bridgehead atoms. The van der Waals surface area contributed by atoms with Crippen LogP contribution in [0.15, 0.2) is 0 Å². The van der Waals surface area contributed by atoms with Gasteiger partial charge < -0.3 is 15.3 Å². The molecule has 9 atom stereocenters. The third-order valence-corrected chi connectivity index (χ3v) is 9.46. The Balaban J connectivity index is 1.71. The number of aliphatic hydroxyl groups is 3. The van der Waals surface area contributed by atoms with Crippen LogP contribution < -0.4 is 0 Å². The van der Waals surface area contributed by atoms with Gasteiger partial charge in [0.15, 0.2) is 0 Å². The van der Waals surface area contributed by atoms with Crippen LogP contribution in [0, 0.1) is 39.9 Å². The van der Waals surface area contributed by atoms with Crippen molar-refractivity contribution < 1.29 is 15.3 Å². The van der Waals surface area contributed by atoms with E-state index in [2.05, 4.69) is 27.7 Å². The second-order valence-electron chi connectivity index (χ2n) is 10.7. The van der Waals surface area contributed by atoms with E-state index in [1.165, 1.54) is 6.42 Å². The zero-order valence-electron chi connectivity index (χ0n) is 15.8. The molecule has 0 heterocycles. The smallest absolute Gasteiger partial charge is 0.0596 e. The molecule has 4 saturated carbocycles. The highest BCUT2D eigenvalue weighted by atomic mass is 16.3. The van der Waals surface area contributed by atoms with Gasteiger partial charge in [-0.15, -0.1) is 0 Å². The molecule has 0 aliphatic heterocycles. The van der Waals surface area contributed by atoms with Crippen LogP contribution in [-0.4, -0.2) is 33.6 Å². The van der Waals surface area contributed by atoms with Crippen LogP contribution in [0.1, 0.15) is 72.6 Å². The van der Waals surface area contributed by atoms with E-state index in [4.69, 9.17) is 0 Å². The van der Waals surface area contributed by atoms with Crippen LogP contribution >= 0.6 is 0 Å². The molecule has 3 N–H and O–H groups in total. The van der Waals surface area contributed by atoms with Gasteiger partial charge >= 0.3 is 0 Å². The summed E-state index contributed by atoms with van der Waals surface area (Å²) in [6.45, 7) is 9.02. The van der Waals surface area contributed by atoms with Crippen LogP contribution in [0.5, 0.6) is 0 Å². The Kier molecular flexibility index (Phi) is 3.75. The lowest BCUT2D eigenvalue weighted by Gasteiger charge is -2.65. The molecule has 0 aromatic carbocycles. The Morgan fingerprint density at radius 2 is 1.33 bits per heavy atom. The van der Waals surface area contributed by atoms with Crippen molar-refractivity contribution in [1.29, 1.82) is 0 Å². The first-order chi connectivity index (χ1) is 11.1. The summed E-state index contributed by atoms with van der Waals surface area (Å²) in [5, 5.41) is 32.3. The highest BCUT2D eigenvalue weighted by Crippen LogP contribution is 2.68. The van der Waals surface area contributed by atoms with Gasteiger partial charge in [-0.05, 0) is 84.9 Å². The van der Waals surface area contributed by atoms with E-state index in [9.17, 15) is 15.3 Å². The van der Waals surface area contributed by atoms with Gasteiger partial charge in [0.2, 0.25) is 0 Å². The molecule has 4 aliphatic rings. The fourth-order valence-electron chi connectivity index (χ4n) is 8.21. The lowest BCUT2D eigenvalue weighted by molar-refractivity contribution is -0.219. The van der Waals surface area contributed by atoms with Crippen molar-refractivity contribution in [2.75, 3.05) is 0 Å². The van der Waals surface area contributed by atoms with Crippen molar-refractivity contribution in [3.05, 3.63) is 0 Å². The second kappa shape index (κ2) is 5.20. The van der Waals surface area contributed by atoms with E-state index in [1.807, 2.05) is 0 Å². The van der Waals surface area contributed by atoms with Gasteiger partial charge in [0.05, 0.1) is 18.3 Å². The summed E-state index contributed by atoms with van der Waals surface area (Å²) in [7, 11) is 0. The van der Waals surface area contributed by atoms with E-state index in [-0.39, 0.29) is 40.5 Å². The van der Waals surface area contributed by atoms with Crippen LogP contribution in [-0.2, 0) is 0 Å². The maximum absolute atomic E-state index is 11.2. The molecule has 0 spiro atoms. The lowest BCUT2D eigenvalue weighted by atomic mass is 9.40. The molecule has 4 aliphatic carbocycles. The van der Waals surface area contributed by atoms with Gasteiger partial charge in [-0.1, -0.05) is 27.7 Å². The molecular weight excluding hydrogens is 300 g/mol. The molecule has 0 aromatic heterocycles.